The van der Waals surface area contributed by atoms with Crippen molar-refractivity contribution in [2.45, 2.75) is 12.1 Å². The molecule has 0 aliphatic carbocycles. The normalized spacial score (nSPS) is 17.1. The zero-order valence-electron chi connectivity index (χ0n) is 7.34. The molecule has 0 aromatic rings. The van der Waals surface area contributed by atoms with Gasteiger partial charge in [-0.25, -0.2) is 4.21 Å². The van der Waals surface area contributed by atoms with Crippen molar-refractivity contribution in [3.05, 3.63) is 0 Å². The molecule has 0 saturated heterocycles. The Kier molecular flexibility index (Phi) is 6.62. The predicted molar refractivity (Wildman–Crippen MR) is 64.5 cm³/mol. The molecule has 0 fully saturated rings. The van der Waals surface area contributed by atoms with Crippen molar-refractivity contribution < 1.29 is 9.00 Å². The molecule has 0 aromatic carbocycles. The molecule has 0 aliphatic rings. The Balaban J connectivity index is 4.48. The largest absolute Gasteiger partial charge is 0.321 e. The van der Waals surface area contributed by atoms with E-state index in [4.69, 9.17) is 16.9 Å². The van der Waals surface area contributed by atoms with Gasteiger partial charge in [-0.2, -0.15) is 25.3 Å². The van der Waals surface area contributed by atoms with Crippen molar-refractivity contribution in [2.24, 2.45) is 11.5 Å². The molecule has 0 radical (unpaired) electrons. The van der Waals surface area contributed by atoms with Crippen molar-refractivity contribution in [3.8, 4) is 0 Å². The minimum absolute atomic E-state index is 0.0912. The van der Waals surface area contributed by atoms with Crippen LogP contribution in [0.5, 0.6) is 0 Å². The zero-order chi connectivity index (χ0) is 11.3. The summed E-state index contributed by atoms with van der Waals surface area (Å²) < 4.78 is 11.4. The lowest BCUT2D eigenvalue weighted by molar-refractivity contribution is -0.111. The summed E-state index contributed by atoms with van der Waals surface area (Å²) in [5.41, 5.74) is 10.7. The molecule has 14 heavy (non-hydrogen) atoms. The maximum absolute atomic E-state index is 11.4. The molecule has 0 aromatic heterocycles. The summed E-state index contributed by atoms with van der Waals surface area (Å²) >= 11 is 7.63. The van der Waals surface area contributed by atoms with Crippen molar-refractivity contribution >= 4 is 46.2 Å². The second-order valence-corrected chi connectivity index (χ2v) is 4.64. The van der Waals surface area contributed by atoms with E-state index in [0.717, 1.165) is 0 Å². The van der Waals surface area contributed by atoms with Gasteiger partial charge in [0, 0.05) is 11.5 Å². The van der Waals surface area contributed by atoms with Gasteiger partial charge < -0.3 is 11.5 Å². The minimum atomic E-state index is -2.07. The van der Waals surface area contributed by atoms with Gasteiger partial charge in [0.25, 0.3) is 0 Å². The zero-order valence-corrected chi connectivity index (χ0v) is 9.95. The average molecular weight is 255 g/mol. The van der Waals surface area contributed by atoms with Crippen LogP contribution in [0.4, 0.5) is 0 Å². The number of carbonyl (C=O) groups excluding carboxylic acids is 1. The molecule has 3 atom stereocenters. The summed E-state index contributed by atoms with van der Waals surface area (Å²) in [6.07, 6.45) is 0. The Labute approximate surface area is 95.8 Å². The summed E-state index contributed by atoms with van der Waals surface area (Å²) in [4.78, 5) is 11.2. The molecule has 5 nitrogen and oxygen atoms in total. The molecule has 0 spiro atoms. The molecular weight excluding hydrogens is 242 g/mol. The van der Waals surface area contributed by atoms with E-state index in [9.17, 15) is 9.00 Å². The Morgan fingerprint density at radius 3 is 2.07 bits per heavy atom. The van der Waals surface area contributed by atoms with Crippen LogP contribution in [0, 0.1) is 5.41 Å². The van der Waals surface area contributed by atoms with Crippen LogP contribution in [-0.2, 0) is 15.6 Å². The number of thiol groups is 2. The van der Waals surface area contributed by atoms with Gasteiger partial charge in [-0.3, -0.25) is 10.2 Å². The van der Waals surface area contributed by atoms with Gasteiger partial charge in [0.05, 0.1) is 12.1 Å². The Bertz CT molecular complexity index is 235. The van der Waals surface area contributed by atoms with Gasteiger partial charge in [0.2, 0.25) is 5.12 Å². The third kappa shape index (κ3) is 3.70. The van der Waals surface area contributed by atoms with Gasteiger partial charge in [-0.15, -0.1) is 0 Å². The van der Waals surface area contributed by atoms with Gasteiger partial charge in [0.15, 0.2) is 0 Å². The fourth-order valence-electron chi connectivity index (χ4n) is 0.541. The number of rotatable bonds is 4. The summed E-state index contributed by atoms with van der Waals surface area (Å²) in [6.45, 7) is 0. The van der Waals surface area contributed by atoms with Crippen LogP contribution in [0.1, 0.15) is 0 Å². The van der Waals surface area contributed by atoms with Crippen molar-refractivity contribution in [2.75, 3.05) is 11.5 Å². The molecule has 82 valence electrons. The van der Waals surface area contributed by atoms with Crippen LogP contribution >= 0.6 is 25.3 Å². The number of hydrogen-bond acceptors (Lipinski definition) is 7. The van der Waals surface area contributed by atoms with E-state index in [1.807, 2.05) is 0 Å². The topological polar surface area (TPSA) is 110 Å². The van der Waals surface area contributed by atoms with E-state index < -0.39 is 28.0 Å². The highest BCUT2D eigenvalue weighted by Gasteiger charge is 2.25. The first-order valence-corrected chi connectivity index (χ1v) is 6.14. The predicted octanol–water partition coefficient (Wildman–Crippen LogP) is -1.25. The van der Waals surface area contributed by atoms with Crippen molar-refractivity contribution in [1.29, 1.82) is 5.41 Å². The van der Waals surface area contributed by atoms with Crippen LogP contribution in [0.3, 0.4) is 0 Å². The van der Waals surface area contributed by atoms with Crippen LogP contribution < -0.4 is 11.5 Å². The molecule has 8 heteroatoms. The standard InChI is InChI=1S/C6H13N3O2S3/c7-3(1-12)5(9)14(11)6(10)4(8)2-13/h3-4,9,12-13H,1-2,7-8H2/t3-,4-,14?/m0/s1. The molecule has 0 saturated carbocycles. The van der Waals surface area contributed by atoms with E-state index in [0.29, 0.717) is 0 Å². The second-order valence-electron chi connectivity index (χ2n) is 2.53. The first-order chi connectivity index (χ1) is 6.45. The number of nitrogens with two attached hydrogens (primary N) is 2. The molecule has 0 amide bonds. The van der Waals surface area contributed by atoms with Crippen LogP contribution in [0.2, 0.25) is 0 Å². The maximum atomic E-state index is 11.4. The van der Waals surface area contributed by atoms with Crippen LogP contribution in [-0.4, -0.2) is 38.0 Å². The lowest BCUT2D eigenvalue weighted by Gasteiger charge is -2.11. The van der Waals surface area contributed by atoms with Crippen LogP contribution in [0.25, 0.3) is 0 Å². The Morgan fingerprint density at radius 1 is 1.29 bits per heavy atom. The number of nitrogens with one attached hydrogen (secondary N) is 1. The van der Waals surface area contributed by atoms with Crippen LogP contribution in [0.15, 0.2) is 0 Å². The van der Waals surface area contributed by atoms with Crippen molar-refractivity contribution in [1.82, 2.24) is 0 Å². The third-order valence-corrected chi connectivity index (χ3v) is 3.57. The number of carbonyl (C=O) groups is 1. The highest BCUT2D eigenvalue weighted by atomic mass is 32.2. The van der Waals surface area contributed by atoms with Gasteiger partial charge in [0.1, 0.15) is 15.8 Å². The molecule has 0 bridgehead atoms. The van der Waals surface area contributed by atoms with E-state index >= 15 is 0 Å². The fourth-order valence-corrected chi connectivity index (χ4v) is 2.07. The second kappa shape index (κ2) is 6.57. The summed E-state index contributed by atoms with van der Waals surface area (Å²) in [5.74, 6) is 0.252. The van der Waals surface area contributed by atoms with E-state index in [2.05, 4.69) is 25.3 Å². The Morgan fingerprint density at radius 2 is 1.71 bits per heavy atom. The minimum Gasteiger partial charge on any atom is -0.321 e. The van der Waals surface area contributed by atoms with Gasteiger partial charge in [-0.05, 0) is 0 Å². The fraction of sp³-hybridized carbons (Fsp3) is 0.667. The smallest absolute Gasteiger partial charge is 0.242 e. The summed E-state index contributed by atoms with van der Waals surface area (Å²) in [6, 6.07) is -1.71. The monoisotopic (exact) mass is 255 g/mol. The first kappa shape index (κ1) is 14.1. The summed E-state index contributed by atoms with van der Waals surface area (Å²) in [7, 11) is -2.07. The third-order valence-electron chi connectivity index (χ3n) is 1.42. The molecular formula is C6H13N3O2S3. The SMILES string of the molecule is N=C([C@@H](N)CS)S(=O)C(=O)[C@@H](N)CS. The number of hydrogen-bond donors (Lipinski definition) is 5. The molecule has 5 N–H and O–H groups in total. The molecule has 0 aliphatic heterocycles. The highest BCUT2D eigenvalue weighted by molar-refractivity contribution is 8.13. The molecule has 0 heterocycles. The maximum Gasteiger partial charge on any atom is 0.242 e. The quantitative estimate of drug-likeness (QED) is 0.246. The molecule has 0 rings (SSSR count). The average Bonchev–Trinajstić information content (AvgIpc) is 2.23. The van der Waals surface area contributed by atoms with Gasteiger partial charge >= 0.3 is 0 Å². The lowest BCUT2D eigenvalue weighted by atomic mass is 10.4. The lowest BCUT2D eigenvalue weighted by Crippen LogP contribution is -2.42. The van der Waals surface area contributed by atoms with E-state index in [1.165, 1.54) is 0 Å². The van der Waals surface area contributed by atoms with E-state index in [-0.39, 0.29) is 16.5 Å². The Hall–Kier alpha value is 0.110. The first-order valence-electron chi connectivity index (χ1n) is 3.72. The highest BCUT2D eigenvalue weighted by Crippen LogP contribution is 1.99. The van der Waals surface area contributed by atoms with Crippen molar-refractivity contribution in [3.63, 3.8) is 0 Å². The summed E-state index contributed by atoms with van der Waals surface area (Å²) in [5, 5.41) is 6.26. The molecule has 1 unspecified atom stereocenters. The van der Waals surface area contributed by atoms with Gasteiger partial charge in [-0.1, -0.05) is 0 Å². The van der Waals surface area contributed by atoms with E-state index in [1.54, 1.807) is 0 Å².